The third-order valence-corrected chi connectivity index (χ3v) is 3.35. The molecule has 100 valence electrons. The SMILES string of the molecule is CC1CN(Cc2nnn(C)n2)c2ccccc2CN1. The van der Waals surface area contributed by atoms with Crippen molar-refractivity contribution in [3.8, 4) is 0 Å². The Bertz CT molecular complexity index is 564. The van der Waals surface area contributed by atoms with Gasteiger partial charge in [0.15, 0.2) is 5.82 Å². The van der Waals surface area contributed by atoms with Crippen LogP contribution in [0.3, 0.4) is 0 Å². The van der Waals surface area contributed by atoms with Crippen molar-refractivity contribution in [2.24, 2.45) is 7.05 Å². The molecule has 0 fully saturated rings. The Morgan fingerprint density at radius 1 is 1.37 bits per heavy atom. The molecule has 19 heavy (non-hydrogen) atoms. The number of tetrazole rings is 1. The van der Waals surface area contributed by atoms with Gasteiger partial charge in [-0.15, -0.1) is 10.2 Å². The summed E-state index contributed by atoms with van der Waals surface area (Å²) in [4.78, 5) is 3.82. The Morgan fingerprint density at radius 3 is 3.00 bits per heavy atom. The second-order valence-electron chi connectivity index (χ2n) is 4.99. The fourth-order valence-electron chi connectivity index (χ4n) is 2.45. The van der Waals surface area contributed by atoms with Crippen molar-refractivity contribution in [1.82, 2.24) is 25.5 Å². The monoisotopic (exact) mass is 258 g/mol. The first-order valence-electron chi connectivity index (χ1n) is 6.51. The van der Waals surface area contributed by atoms with Crippen LogP contribution >= 0.6 is 0 Å². The number of aromatic nitrogens is 4. The highest BCUT2D eigenvalue weighted by Gasteiger charge is 2.20. The van der Waals surface area contributed by atoms with Gasteiger partial charge in [-0.2, -0.15) is 4.80 Å². The predicted molar refractivity (Wildman–Crippen MR) is 72.6 cm³/mol. The average molecular weight is 258 g/mol. The number of para-hydroxylation sites is 1. The molecule has 1 atom stereocenters. The highest BCUT2D eigenvalue weighted by atomic mass is 15.6. The molecule has 0 radical (unpaired) electrons. The maximum Gasteiger partial charge on any atom is 0.193 e. The van der Waals surface area contributed by atoms with E-state index in [1.807, 2.05) is 0 Å². The molecule has 0 aliphatic carbocycles. The van der Waals surface area contributed by atoms with Gasteiger partial charge in [-0.3, -0.25) is 0 Å². The molecule has 0 saturated heterocycles. The van der Waals surface area contributed by atoms with Gasteiger partial charge in [0.1, 0.15) is 0 Å². The van der Waals surface area contributed by atoms with E-state index in [4.69, 9.17) is 0 Å². The molecule has 0 amide bonds. The normalized spacial score (nSPS) is 19.1. The second-order valence-corrected chi connectivity index (χ2v) is 4.99. The fraction of sp³-hybridized carbons (Fsp3) is 0.462. The third-order valence-electron chi connectivity index (χ3n) is 3.35. The molecule has 2 aromatic rings. The average Bonchev–Trinajstić information content (AvgIpc) is 2.74. The van der Waals surface area contributed by atoms with Crippen molar-refractivity contribution in [3.63, 3.8) is 0 Å². The number of aryl methyl sites for hydroxylation is 1. The van der Waals surface area contributed by atoms with Crippen LogP contribution in [0.5, 0.6) is 0 Å². The lowest BCUT2D eigenvalue weighted by molar-refractivity contribution is 0.549. The molecule has 1 aliphatic rings. The molecule has 1 aromatic carbocycles. The van der Waals surface area contributed by atoms with Gasteiger partial charge in [0.2, 0.25) is 0 Å². The zero-order valence-corrected chi connectivity index (χ0v) is 11.2. The number of nitrogens with zero attached hydrogens (tertiary/aromatic N) is 5. The molecule has 6 nitrogen and oxygen atoms in total. The number of hydrogen-bond acceptors (Lipinski definition) is 5. The molecule has 1 aromatic heterocycles. The molecule has 0 spiro atoms. The van der Waals surface area contributed by atoms with Crippen LogP contribution in [0.4, 0.5) is 5.69 Å². The van der Waals surface area contributed by atoms with Gasteiger partial charge in [0.05, 0.1) is 13.6 Å². The molecule has 3 rings (SSSR count). The van der Waals surface area contributed by atoms with Gasteiger partial charge in [-0.05, 0) is 23.8 Å². The first kappa shape index (κ1) is 12.1. The predicted octanol–water partition coefficient (Wildman–Crippen LogP) is 0.708. The minimum atomic E-state index is 0.434. The fourth-order valence-corrected chi connectivity index (χ4v) is 2.45. The molecule has 6 heteroatoms. The number of hydrogen-bond donors (Lipinski definition) is 1. The smallest absolute Gasteiger partial charge is 0.193 e. The van der Waals surface area contributed by atoms with E-state index in [9.17, 15) is 0 Å². The molecule has 0 saturated carbocycles. The summed E-state index contributed by atoms with van der Waals surface area (Å²) >= 11 is 0. The zero-order chi connectivity index (χ0) is 13.2. The van der Waals surface area contributed by atoms with Gasteiger partial charge in [-0.25, -0.2) is 0 Å². The van der Waals surface area contributed by atoms with Gasteiger partial charge in [-0.1, -0.05) is 18.2 Å². The number of fused-ring (bicyclic) bond motifs is 1. The second kappa shape index (κ2) is 4.97. The van der Waals surface area contributed by atoms with E-state index >= 15 is 0 Å². The van der Waals surface area contributed by atoms with Crippen LogP contribution in [0.15, 0.2) is 24.3 Å². The van der Waals surface area contributed by atoms with Crippen LogP contribution < -0.4 is 10.2 Å². The molecule has 1 aliphatic heterocycles. The van der Waals surface area contributed by atoms with Crippen molar-refractivity contribution in [2.75, 3.05) is 11.4 Å². The zero-order valence-electron chi connectivity index (χ0n) is 11.2. The number of benzene rings is 1. The van der Waals surface area contributed by atoms with Gasteiger partial charge < -0.3 is 10.2 Å². The third kappa shape index (κ3) is 2.58. The highest BCUT2D eigenvalue weighted by Crippen LogP contribution is 2.24. The van der Waals surface area contributed by atoms with E-state index in [0.29, 0.717) is 12.6 Å². The van der Waals surface area contributed by atoms with Crippen LogP contribution in [0.25, 0.3) is 0 Å². The Hall–Kier alpha value is -1.95. The van der Waals surface area contributed by atoms with Gasteiger partial charge >= 0.3 is 0 Å². The summed E-state index contributed by atoms with van der Waals surface area (Å²) in [5, 5.41) is 15.8. The van der Waals surface area contributed by atoms with E-state index in [0.717, 1.165) is 18.9 Å². The van der Waals surface area contributed by atoms with Crippen molar-refractivity contribution in [1.29, 1.82) is 0 Å². The van der Waals surface area contributed by atoms with Crippen LogP contribution in [-0.4, -0.2) is 32.8 Å². The molecular formula is C13H18N6. The summed E-state index contributed by atoms with van der Waals surface area (Å²) in [6.45, 7) is 4.73. The lowest BCUT2D eigenvalue weighted by atomic mass is 10.1. The van der Waals surface area contributed by atoms with Crippen LogP contribution in [0.2, 0.25) is 0 Å². The van der Waals surface area contributed by atoms with Crippen molar-refractivity contribution in [3.05, 3.63) is 35.7 Å². The number of anilines is 1. The summed E-state index contributed by atoms with van der Waals surface area (Å²) in [7, 11) is 1.79. The quantitative estimate of drug-likeness (QED) is 0.859. The molecule has 0 bridgehead atoms. The molecule has 1 N–H and O–H groups in total. The summed E-state index contributed by atoms with van der Waals surface area (Å²) < 4.78 is 0. The van der Waals surface area contributed by atoms with Crippen LogP contribution in [0.1, 0.15) is 18.3 Å². The minimum absolute atomic E-state index is 0.434. The van der Waals surface area contributed by atoms with Gasteiger partial charge in [0.25, 0.3) is 0 Å². The Labute approximate surface area is 112 Å². The van der Waals surface area contributed by atoms with Crippen molar-refractivity contribution >= 4 is 5.69 Å². The first-order chi connectivity index (χ1) is 9.22. The summed E-state index contributed by atoms with van der Waals surface area (Å²) in [5.41, 5.74) is 2.57. The Kier molecular flexibility index (Phi) is 3.16. The molecule has 1 unspecified atom stereocenters. The lowest BCUT2D eigenvalue weighted by Crippen LogP contribution is -2.35. The van der Waals surface area contributed by atoms with E-state index in [-0.39, 0.29) is 0 Å². The topological polar surface area (TPSA) is 58.9 Å². The maximum absolute atomic E-state index is 4.27. The summed E-state index contributed by atoms with van der Waals surface area (Å²) in [5.74, 6) is 0.756. The van der Waals surface area contributed by atoms with E-state index in [2.05, 4.69) is 56.8 Å². The van der Waals surface area contributed by atoms with E-state index in [1.165, 1.54) is 16.0 Å². The molecular weight excluding hydrogens is 240 g/mol. The van der Waals surface area contributed by atoms with E-state index in [1.54, 1.807) is 7.05 Å². The number of rotatable bonds is 2. The van der Waals surface area contributed by atoms with E-state index < -0.39 is 0 Å². The lowest BCUT2D eigenvalue weighted by Gasteiger charge is -2.24. The van der Waals surface area contributed by atoms with Crippen LogP contribution in [-0.2, 0) is 20.1 Å². The largest absolute Gasteiger partial charge is 0.362 e. The molecule has 2 heterocycles. The summed E-state index contributed by atoms with van der Waals surface area (Å²) in [6.07, 6.45) is 0. The maximum atomic E-state index is 4.27. The highest BCUT2D eigenvalue weighted by molar-refractivity contribution is 5.54. The first-order valence-corrected chi connectivity index (χ1v) is 6.51. The summed E-state index contributed by atoms with van der Waals surface area (Å²) in [6, 6.07) is 8.91. The Morgan fingerprint density at radius 2 is 2.21 bits per heavy atom. The minimum Gasteiger partial charge on any atom is -0.362 e. The van der Waals surface area contributed by atoms with Gasteiger partial charge in [0, 0.05) is 24.8 Å². The standard InChI is InChI=1S/C13H18N6/c1-10-8-19(9-13-15-17-18(2)16-13)12-6-4-3-5-11(12)7-14-10/h3-6,10,14H,7-9H2,1-2H3. The van der Waals surface area contributed by atoms with Crippen molar-refractivity contribution in [2.45, 2.75) is 26.1 Å². The Balaban J connectivity index is 1.89. The van der Waals surface area contributed by atoms with Crippen LogP contribution in [0, 0.1) is 0 Å². The number of nitrogens with one attached hydrogen (secondary N) is 1. The van der Waals surface area contributed by atoms with Crippen molar-refractivity contribution < 1.29 is 0 Å².